The van der Waals surface area contributed by atoms with E-state index >= 15 is 0 Å². The van der Waals surface area contributed by atoms with E-state index in [2.05, 4.69) is 196 Å². The number of hydrogen-bond acceptors (Lipinski definition) is 1. The number of benzene rings is 8. The van der Waals surface area contributed by atoms with Crippen molar-refractivity contribution in [3.05, 3.63) is 188 Å². The zero-order valence-electron chi connectivity index (χ0n) is 28.6. The van der Waals surface area contributed by atoms with Crippen LogP contribution in [0, 0.1) is 11.3 Å². The fourth-order valence-corrected chi connectivity index (χ4v) is 8.60. The van der Waals surface area contributed by atoms with Gasteiger partial charge in [0.1, 0.15) is 6.07 Å². The molecule has 0 amide bonds. The van der Waals surface area contributed by atoms with Gasteiger partial charge in [-0.2, -0.15) is 5.26 Å². The molecule has 8 aromatic carbocycles. The van der Waals surface area contributed by atoms with Crippen LogP contribution in [0.15, 0.2) is 182 Å². The fourth-order valence-electron chi connectivity index (χ4n) is 8.60. The zero-order chi connectivity index (χ0) is 35.0. The third-order valence-electron chi connectivity index (χ3n) is 10.9. The molecule has 0 unspecified atom stereocenters. The highest BCUT2D eigenvalue weighted by molar-refractivity contribution is 6.23. The van der Waals surface area contributed by atoms with Crippen molar-refractivity contribution in [1.29, 1.82) is 5.26 Å². The molecule has 0 aliphatic heterocycles. The van der Waals surface area contributed by atoms with Crippen LogP contribution in [0.1, 0.15) is 5.56 Å². The van der Waals surface area contributed by atoms with Gasteiger partial charge in [-0.15, -0.1) is 0 Å². The van der Waals surface area contributed by atoms with Crippen LogP contribution >= 0.6 is 0 Å². The van der Waals surface area contributed by atoms with Crippen LogP contribution in [0.4, 0.5) is 0 Å². The standard InChI is InChI=1S/C49H30N4/c50-31-34-30-33(24-29-43(34)53-46-20-10-4-14-37(46)38-15-5-11-21-47(38)53)32-22-25-36(26-23-32)52-45-19-9-7-17-40(45)42-28-27-41-39-16-6-8-18-44(39)51(48(41)49(42)52)35-12-2-1-3-13-35/h1-30H. The maximum atomic E-state index is 10.5. The summed E-state index contributed by atoms with van der Waals surface area (Å²) in [6, 6.07) is 67.0. The highest BCUT2D eigenvalue weighted by atomic mass is 15.0. The quantitative estimate of drug-likeness (QED) is 0.183. The molecule has 0 atom stereocenters. The molecule has 3 heterocycles. The summed E-state index contributed by atoms with van der Waals surface area (Å²) in [4.78, 5) is 0. The van der Waals surface area contributed by atoms with E-state index in [0.29, 0.717) is 5.56 Å². The molecule has 11 rings (SSSR count). The average Bonchev–Trinajstić information content (AvgIpc) is 3.87. The first-order valence-corrected chi connectivity index (χ1v) is 17.9. The highest BCUT2D eigenvalue weighted by Crippen LogP contribution is 2.42. The third kappa shape index (κ3) is 4.22. The zero-order valence-corrected chi connectivity index (χ0v) is 28.6. The summed E-state index contributed by atoms with van der Waals surface area (Å²) in [5.41, 5.74) is 12.7. The van der Waals surface area contributed by atoms with Gasteiger partial charge in [-0.25, -0.2) is 0 Å². The predicted molar refractivity (Wildman–Crippen MR) is 220 cm³/mol. The molecular weight excluding hydrogens is 645 g/mol. The SMILES string of the molecule is N#Cc1cc(-c2ccc(-n3c4ccccc4c4ccc5c6ccccc6n(-c6ccccc6)c5c43)cc2)ccc1-n1c2ccccc2c2ccccc21. The Kier molecular flexibility index (Phi) is 6.28. The number of aromatic nitrogens is 3. The number of rotatable bonds is 4. The number of nitrogens with zero attached hydrogens (tertiary/aromatic N) is 4. The maximum Gasteiger partial charge on any atom is 0.101 e. The highest BCUT2D eigenvalue weighted by Gasteiger charge is 2.21. The van der Waals surface area contributed by atoms with E-state index in [9.17, 15) is 5.26 Å². The van der Waals surface area contributed by atoms with Crippen LogP contribution in [0.25, 0.3) is 93.6 Å². The van der Waals surface area contributed by atoms with Gasteiger partial charge in [0.2, 0.25) is 0 Å². The molecule has 11 aromatic rings. The second-order valence-corrected chi connectivity index (χ2v) is 13.7. The van der Waals surface area contributed by atoms with E-state index in [1.54, 1.807) is 0 Å². The molecule has 4 nitrogen and oxygen atoms in total. The number of fused-ring (bicyclic) bond motifs is 10. The van der Waals surface area contributed by atoms with Gasteiger partial charge in [0, 0.05) is 43.7 Å². The third-order valence-corrected chi connectivity index (χ3v) is 10.9. The summed E-state index contributed by atoms with van der Waals surface area (Å²) in [6.45, 7) is 0. The van der Waals surface area contributed by atoms with Crippen LogP contribution < -0.4 is 0 Å². The molecule has 0 spiro atoms. The normalized spacial score (nSPS) is 11.8. The van der Waals surface area contributed by atoms with Gasteiger partial charge in [-0.05, 0) is 71.8 Å². The first-order chi connectivity index (χ1) is 26.3. The molecule has 0 radical (unpaired) electrons. The topological polar surface area (TPSA) is 38.6 Å². The van der Waals surface area contributed by atoms with Crippen molar-refractivity contribution in [2.24, 2.45) is 0 Å². The molecule has 0 saturated heterocycles. The Morgan fingerprint density at radius 2 is 0.755 bits per heavy atom. The number of para-hydroxylation sites is 5. The van der Waals surface area contributed by atoms with Crippen LogP contribution in [0.3, 0.4) is 0 Å². The second-order valence-electron chi connectivity index (χ2n) is 13.7. The minimum absolute atomic E-state index is 0.636. The molecule has 0 aliphatic rings. The van der Waals surface area contributed by atoms with E-state index < -0.39 is 0 Å². The first kappa shape index (κ1) is 29.4. The Morgan fingerprint density at radius 1 is 0.340 bits per heavy atom. The van der Waals surface area contributed by atoms with Crippen LogP contribution in [0.5, 0.6) is 0 Å². The van der Waals surface area contributed by atoms with E-state index in [1.807, 2.05) is 6.07 Å². The lowest BCUT2D eigenvalue weighted by atomic mass is 10.0. The van der Waals surface area contributed by atoms with Gasteiger partial charge in [-0.3, -0.25) is 0 Å². The van der Waals surface area contributed by atoms with E-state index in [-0.39, 0.29) is 0 Å². The van der Waals surface area contributed by atoms with Crippen LogP contribution in [-0.2, 0) is 0 Å². The Bertz CT molecular complexity index is 3220. The van der Waals surface area contributed by atoms with Gasteiger partial charge < -0.3 is 13.7 Å². The monoisotopic (exact) mass is 674 g/mol. The minimum Gasteiger partial charge on any atom is -0.308 e. The van der Waals surface area contributed by atoms with Gasteiger partial charge in [0.05, 0.1) is 44.4 Å². The Hall–Kier alpha value is -7.35. The summed E-state index contributed by atoms with van der Waals surface area (Å²) < 4.78 is 7.05. The lowest BCUT2D eigenvalue weighted by molar-refractivity contribution is 1.15. The molecular formula is C49H30N4. The second kappa shape index (κ2) is 11.3. The average molecular weight is 675 g/mol. The molecule has 0 N–H and O–H groups in total. The molecule has 246 valence electrons. The molecule has 0 bridgehead atoms. The van der Waals surface area contributed by atoms with Crippen molar-refractivity contribution in [2.75, 3.05) is 0 Å². The van der Waals surface area contributed by atoms with Gasteiger partial charge >= 0.3 is 0 Å². The number of hydrogen-bond donors (Lipinski definition) is 0. The molecule has 0 aliphatic carbocycles. The molecule has 3 aromatic heterocycles. The largest absolute Gasteiger partial charge is 0.308 e. The summed E-state index contributed by atoms with van der Waals surface area (Å²) in [7, 11) is 0. The molecule has 53 heavy (non-hydrogen) atoms. The molecule has 0 saturated carbocycles. The molecule has 4 heteroatoms. The van der Waals surface area contributed by atoms with Crippen molar-refractivity contribution in [3.8, 4) is 34.3 Å². The van der Waals surface area contributed by atoms with Gasteiger partial charge in [-0.1, -0.05) is 121 Å². The summed E-state index contributed by atoms with van der Waals surface area (Å²) in [6.07, 6.45) is 0. The lowest BCUT2D eigenvalue weighted by Gasteiger charge is -2.14. The summed E-state index contributed by atoms with van der Waals surface area (Å²) >= 11 is 0. The van der Waals surface area contributed by atoms with Crippen molar-refractivity contribution in [2.45, 2.75) is 0 Å². The molecule has 0 fully saturated rings. The van der Waals surface area contributed by atoms with Crippen molar-refractivity contribution < 1.29 is 0 Å². The maximum absolute atomic E-state index is 10.5. The van der Waals surface area contributed by atoms with Crippen LogP contribution in [-0.4, -0.2) is 13.7 Å². The smallest absolute Gasteiger partial charge is 0.101 e. The summed E-state index contributed by atoms with van der Waals surface area (Å²) in [5.74, 6) is 0. The minimum atomic E-state index is 0.636. The van der Waals surface area contributed by atoms with E-state index in [1.165, 1.54) is 48.9 Å². The van der Waals surface area contributed by atoms with Crippen molar-refractivity contribution in [1.82, 2.24) is 13.7 Å². The van der Waals surface area contributed by atoms with E-state index in [0.717, 1.165) is 44.7 Å². The predicted octanol–water partition coefficient (Wildman–Crippen LogP) is 12.5. The van der Waals surface area contributed by atoms with Gasteiger partial charge in [0.25, 0.3) is 0 Å². The number of nitriles is 1. The van der Waals surface area contributed by atoms with E-state index in [4.69, 9.17) is 0 Å². The van der Waals surface area contributed by atoms with Crippen molar-refractivity contribution in [3.63, 3.8) is 0 Å². The Morgan fingerprint density at radius 3 is 1.26 bits per heavy atom. The van der Waals surface area contributed by atoms with Gasteiger partial charge in [0.15, 0.2) is 0 Å². The van der Waals surface area contributed by atoms with Crippen LogP contribution in [0.2, 0.25) is 0 Å². The Labute approximate surface area is 305 Å². The summed E-state index contributed by atoms with van der Waals surface area (Å²) in [5, 5.41) is 17.7. The Balaban J connectivity index is 1.10. The van der Waals surface area contributed by atoms with Crippen molar-refractivity contribution >= 4 is 65.4 Å². The first-order valence-electron chi connectivity index (χ1n) is 17.9. The lowest BCUT2D eigenvalue weighted by Crippen LogP contribution is -1.99. The fraction of sp³-hybridized carbons (Fsp3) is 0.